The Morgan fingerprint density at radius 3 is 2.42 bits per heavy atom. The molecule has 3 atom stereocenters. The summed E-state index contributed by atoms with van der Waals surface area (Å²) in [4.78, 5) is 36.5. The number of carbonyl (C=O) groups excluding carboxylic acids is 2. The number of rotatable bonds is 3. The van der Waals surface area contributed by atoms with Gasteiger partial charge in [-0.25, -0.2) is 4.79 Å². The zero-order valence-corrected chi connectivity index (χ0v) is 11.0. The predicted octanol–water partition coefficient (Wildman–Crippen LogP) is 0.651. The molecule has 2 fully saturated rings. The van der Waals surface area contributed by atoms with Gasteiger partial charge in [-0.1, -0.05) is 0 Å². The van der Waals surface area contributed by atoms with E-state index in [-0.39, 0.29) is 17.8 Å². The number of aliphatic carboxylic acids is 1. The number of carbonyl (C=O) groups is 3. The first-order valence-electron chi connectivity index (χ1n) is 6.65. The summed E-state index contributed by atoms with van der Waals surface area (Å²) in [6.07, 6.45) is 2.95. The van der Waals surface area contributed by atoms with E-state index in [1.165, 1.54) is 7.11 Å². The molecule has 1 aliphatic carbocycles. The molecule has 2 rings (SSSR count). The van der Waals surface area contributed by atoms with E-state index in [1.807, 2.05) is 0 Å². The Labute approximate surface area is 111 Å². The van der Waals surface area contributed by atoms with E-state index in [0.29, 0.717) is 32.2 Å². The molecule has 0 bridgehead atoms. The van der Waals surface area contributed by atoms with Crippen molar-refractivity contribution in [2.75, 3.05) is 13.7 Å². The van der Waals surface area contributed by atoms with Crippen molar-refractivity contribution in [3.05, 3.63) is 0 Å². The Morgan fingerprint density at radius 2 is 1.84 bits per heavy atom. The normalized spacial score (nSPS) is 30.4. The fourth-order valence-electron chi connectivity index (χ4n) is 3.08. The quantitative estimate of drug-likeness (QED) is 0.760. The minimum absolute atomic E-state index is 0.0864. The van der Waals surface area contributed by atoms with Gasteiger partial charge in [0, 0.05) is 12.5 Å². The maximum absolute atomic E-state index is 12.4. The summed E-state index contributed by atoms with van der Waals surface area (Å²) in [6, 6.07) is -0.485. The molecule has 19 heavy (non-hydrogen) atoms. The summed E-state index contributed by atoms with van der Waals surface area (Å²) in [5, 5.41) is 8.96. The van der Waals surface area contributed by atoms with Crippen molar-refractivity contribution < 1.29 is 24.2 Å². The number of hydrogen-bond donors (Lipinski definition) is 1. The number of methoxy groups -OCH3 is 1. The second kappa shape index (κ2) is 5.59. The van der Waals surface area contributed by atoms with Gasteiger partial charge in [-0.15, -0.1) is 0 Å². The molecule has 1 unspecified atom stereocenters. The molecule has 6 nitrogen and oxygen atoms in total. The molecule has 1 heterocycles. The monoisotopic (exact) mass is 269 g/mol. The zero-order chi connectivity index (χ0) is 14.0. The van der Waals surface area contributed by atoms with Gasteiger partial charge in [0.25, 0.3) is 0 Å². The second-order valence-electron chi connectivity index (χ2n) is 5.26. The van der Waals surface area contributed by atoms with E-state index < -0.39 is 17.9 Å². The molecule has 2 aliphatic rings. The van der Waals surface area contributed by atoms with Crippen LogP contribution in [0.3, 0.4) is 0 Å². The molecule has 1 aliphatic heterocycles. The van der Waals surface area contributed by atoms with Gasteiger partial charge in [0.15, 0.2) is 0 Å². The first-order valence-corrected chi connectivity index (χ1v) is 6.65. The van der Waals surface area contributed by atoms with Gasteiger partial charge in [0.1, 0.15) is 6.04 Å². The van der Waals surface area contributed by atoms with Gasteiger partial charge in [0.2, 0.25) is 5.91 Å². The number of hydrogen-bond acceptors (Lipinski definition) is 4. The van der Waals surface area contributed by atoms with Crippen LogP contribution in [0.2, 0.25) is 0 Å². The summed E-state index contributed by atoms with van der Waals surface area (Å²) < 4.78 is 4.71. The Balaban J connectivity index is 2.00. The molecule has 106 valence electrons. The number of nitrogens with zero attached hydrogens (tertiary/aromatic N) is 1. The van der Waals surface area contributed by atoms with Crippen LogP contribution in [0.15, 0.2) is 0 Å². The summed E-state index contributed by atoms with van der Waals surface area (Å²) >= 11 is 0. The fraction of sp³-hybridized carbons (Fsp3) is 0.769. The largest absolute Gasteiger partial charge is 0.481 e. The van der Waals surface area contributed by atoms with Crippen molar-refractivity contribution in [3.63, 3.8) is 0 Å². The van der Waals surface area contributed by atoms with Crippen molar-refractivity contribution in [2.45, 2.75) is 38.1 Å². The van der Waals surface area contributed by atoms with Gasteiger partial charge in [0.05, 0.1) is 13.0 Å². The maximum Gasteiger partial charge on any atom is 0.328 e. The standard InChI is InChI=1S/C13H19NO5/c1-19-13(18)10-3-2-6-14(10)11(15)8-4-5-9(7-8)12(16)17/h8-10H,2-7H2,1H3,(H,16,17)/t8-,9+,10?/m1/s1. The number of carboxylic acids is 1. The molecular formula is C13H19NO5. The van der Waals surface area contributed by atoms with Gasteiger partial charge in [-0.05, 0) is 32.1 Å². The lowest BCUT2D eigenvalue weighted by molar-refractivity contribution is -0.152. The van der Waals surface area contributed by atoms with Crippen LogP contribution in [0.1, 0.15) is 32.1 Å². The summed E-state index contributed by atoms with van der Waals surface area (Å²) in [5.74, 6) is -1.98. The number of likely N-dealkylation sites (tertiary alicyclic amines) is 1. The maximum atomic E-state index is 12.4. The van der Waals surface area contributed by atoms with Crippen molar-refractivity contribution in [1.29, 1.82) is 0 Å². The highest BCUT2D eigenvalue weighted by atomic mass is 16.5. The van der Waals surface area contributed by atoms with E-state index >= 15 is 0 Å². The zero-order valence-electron chi connectivity index (χ0n) is 11.0. The predicted molar refractivity (Wildman–Crippen MR) is 65.2 cm³/mol. The molecule has 0 spiro atoms. The first-order chi connectivity index (χ1) is 9.04. The minimum atomic E-state index is -0.832. The summed E-state index contributed by atoms with van der Waals surface area (Å²) in [5.41, 5.74) is 0. The molecule has 1 N–H and O–H groups in total. The highest BCUT2D eigenvalue weighted by Crippen LogP contribution is 2.34. The summed E-state index contributed by atoms with van der Waals surface area (Å²) in [7, 11) is 1.32. The third-order valence-corrected chi connectivity index (χ3v) is 4.14. The van der Waals surface area contributed by atoms with Gasteiger partial charge < -0.3 is 14.7 Å². The van der Waals surface area contributed by atoms with E-state index in [9.17, 15) is 14.4 Å². The average molecular weight is 269 g/mol. The van der Waals surface area contributed by atoms with Crippen LogP contribution in [0, 0.1) is 11.8 Å². The Bertz CT molecular complexity index is 394. The highest BCUT2D eigenvalue weighted by molar-refractivity contribution is 5.87. The van der Waals surface area contributed by atoms with Crippen LogP contribution in [0.25, 0.3) is 0 Å². The van der Waals surface area contributed by atoms with E-state index in [0.717, 1.165) is 6.42 Å². The smallest absolute Gasteiger partial charge is 0.328 e. The number of esters is 1. The lowest BCUT2D eigenvalue weighted by Crippen LogP contribution is -2.43. The second-order valence-corrected chi connectivity index (χ2v) is 5.26. The number of ether oxygens (including phenoxy) is 1. The van der Waals surface area contributed by atoms with Crippen molar-refractivity contribution >= 4 is 17.8 Å². The molecule has 1 saturated heterocycles. The molecule has 0 aromatic heterocycles. The van der Waals surface area contributed by atoms with Crippen LogP contribution in [0.5, 0.6) is 0 Å². The van der Waals surface area contributed by atoms with Crippen molar-refractivity contribution in [1.82, 2.24) is 4.90 Å². The van der Waals surface area contributed by atoms with Crippen molar-refractivity contribution in [3.8, 4) is 0 Å². The Hall–Kier alpha value is -1.59. The fourth-order valence-corrected chi connectivity index (χ4v) is 3.08. The molecular weight excluding hydrogens is 250 g/mol. The van der Waals surface area contributed by atoms with E-state index in [4.69, 9.17) is 9.84 Å². The van der Waals surface area contributed by atoms with Crippen LogP contribution in [0.4, 0.5) is 0 Å². The van der Waals surface area contributed by atoms with E-state index in [1.54, 1.807) is 4.90 Å². The molecule has 1 saturated carbocycles. The van der Waals surface area contributed by atoms with E-state index in [2.05, 4.69) is 0 Å². The topological polar surface area (TPSA) is 83.9 Å². The van der Waals surface area contributed by atoms with Crippen molar-refractivity contribution in [2.24, 2.45) is 11.8 Å². The molecule has 0 aromatic rings. The lowest BCUT2D eigenvalue weighted by atomic mass is 10.0. The SMILES string of the molecule is COC(=O)C1CCCN1C(=O)[C@@H]1CC[C@H](C(=O)O)C1. The first kappa shape index (κ1) is 13.8. The van der Waals surface area contributed by atoms with Crippen LogP contribution in [-0.2, 0) is 19.1 Å². The summed E-state index contributed by atoms with van der Waals surface area (Å²) in [6.45, 7) is 0.562. The molecule has 6 heteroatoms. The Morgan fingerprint density at radius 1 is 1.16 bits per heavy atom. The Kier molecular flexibility index (Phi) is 4.07. The van der Waals surface area contributed by atoms with Crippen LogP contribution < -0.4 is 0 Å². The van der Waals surface area contributed by atoms with Gasteiger partial charge >= 0.3 is 11.9 Å². The minimum Gasteiger partial charge on any atom is -0.481 e. The third-order valence-electron chi connectivity index (χ3n) is 4.14. The molecule has 1 amide bonds. The van der Waals surface area contributed by atoms with Crippen LogP contribution in [-0.4, -0.2) is 47.5 Å². The average Bonchev–Trinajstić information content (AvgIpc) is 3.05. The third kappa shape index (κ3) is 2.72. The van der Waals surface area contributed by atoms with Gasteiger partial charge in [-0.2, -0.15) is 0 Å². The molecule has 0 aromatic carbocycles. The molecule has 0 radical (unpaired) electrons. The van der Waals surface area contributed by atoms with Crippen LogP contribution >= 0.6 is 0 Å². The van der Waals surface area contributed by atoms with Gasteiger partial charge in [-0.3, -0.25) is 9.59 Å². The number of carboxylic acid groups (broad SMARTS) is 1. The highest BCUT2D eigenvalue weighted by Gasteiger charge is 2.41. The number of amides is 1. The lowest BCUT2D eigenvalue weighted by Gasteiger charge is -2.25.